The van der Waals surface area contributed by atoms with Gasteiger partial charge in [-0.2, -0.15) is 0 Å². The first-order chi connectivity index (χ1) is 12.2. The molecule has 2 aromatic rings. The number of carbonyl (C=O) groups is 1. The zero-order valence-electron chi connectivity index (χ0n) is 14.1. The Bertz CT molecular complexity index is 783. The van der Waals surface area contributed by atoms with Crippen LogP contribution in [-0.2, 0) is 4.79 Å². The molecular weight excluding hydrogens is 314 g/mol. The molecule has 0 amide bonds. The Morgan fingerprint density at radius 3 is 2.08 bits per heavy atom. The van der Waals surface area contributed by atoms with Crippen LogP contribution in [0.25, 0.3) is 5.57 Å². The highest BCUT2D eigenvalue weighted by atomic mass is 16.5. The predicted octanol–water partition coefficient (Wildman–Crippen LogP) is 4.16. The third kappa shape index (κ3) is 3.17. The van der Waals surface area contributed by atoms with Crippen molar-refractivity contribution >= 4 is 11.5 Å². The number of aliphatic carboxylic acids is 1. The maximum absolute atomic E-state index is 10.8. The molecule has 0 saturated carbocycles. The fourth-order valence-corrected chi connectivity index (χ4v) is 3.72. The molecule has 4 nitrogen and oxygen atoms in total. The van der Waals surface area contributed by atoms with Crippen LogP contribution < -0.4 is 4.74 Å². The van der Waals surface area contributed by atoms with Crippen LogP contribution in [0.2, 0.25) is 0 Å². The lowest BCUT2D eigenvalue weighted by Crippen LogP contribution is -2.33. The van der Waals surface area contributed by atoms with Crippen molar-refractivity contribution in [3.8, 4) is 11.5 Å². The van der Waals surface area contributed by atoms with Crippen LogP contribution in [0.4, 0.5) is 0 Å². The summed E-state index contributed by atoms with van der Waals surface area (Å²) in [4.78, 5) is 13.0. The molecule has 2 aliphatic heterocycles. The molecule has 1 fully saturated rings. The molecule has 2 heterocycles. The quantitative estimate of drug-likeness (QED) is 0.781. The second-order valence-corrected chi connectivity index (χ2v) is 6.56. The van der Waals surface area contributed by atoms with E-state index >= 15 is 0 Å². The van der Waals surface area contributed by atoms with Gasteiger partial charge >= 0.3 is 5.97 Å². The summed E-state index contributed by atoms with van der Waals surface area (Å²) in [6.07, 6.45) is 2.15. The first-order valence-corrected chi connectivity index (χ1v) is 8.75. The third-order valence-corrected chi connectivity index (χ3v) is 4.99. The van der Waals surface area contributed by atoms with Crippen LogP contribution in [-0.4, -0.2) is 35.6 Å². The number of para-hydroxylation sites is 2. The maximum atomic E-state index is 10.8. The summed E-state index contributed by atoms with van der Waals surface area (Å²) in [6.45, 7) is 2.46. The summed E-state index contributed by atoms with van der Waals surface area (Å²) in [7, 11) is 0. The van der Waals surface area contributed by atoms with Crippen molar-refractivity contribution in [2.75, 3.05) is 19.6 Å². The number of hydrogen-bond donors (Lipinski definition) is 1. The predicted molar refractivity (Wildman–Crippen MR) is 96.9 cm³/mol. The Morgan fingerprint density at radius 2 is 1.52 bits per heavy atom. The van der Waals surface area contributed by atoms with E-state index in [0.29, 0.717) is 6.54 Å². The van der Waals surface area contributed by atoms with Crippen molar-refractivity contribution in [2.45, 2.75) is 19.3 Å². The van der Waals surface area contributed by atoms with Gasteiger partial charge in [-0.25, -0.2) is 0 Å². The number of carboxylic acids is 1. The first-order valence-electron chi connectivity index (χ1n) is 8.75. The van der Waals surface area contributed by atoms with Crippen LogP contribution in [0.5, 0.6) is 11.5 Å². The lowest BCUT2D eigenvalue weighted by atomic mass is 9.86. The van der Waals surface area contributed by atoms with E-state index in [1.807, 2.05) is 24.3 Å². The highest BCUT2D eigenvalue weighted by Crippen LogP contribution is 2.46. The molecule has 2 aliphatic rings. The molecule has 4 heteroatoms. The van der Waals surface area contributed by atoms with Gasteiger partial charge in [0.2, 0.25) is 0 Å². The summed E-state index contributed by atoms with van der Waals surface area (Å²) in [5.41, 5.74) is 5.07. The summed E-state index contributed by atoms with van der Waals surface area (Å²) < 4.78 is 6.07. The molecule has 0 atom stereocenters. The van der Waals surface area contributed by atoms with E-state index in [4.69, 9.17) is 9.84 Å². The number of carboxylic acid groups (broad SMARTS) is 1. The number of nitrogens with zero attached hydrogens (tertiary/aromatic N) is 1. The second-order valence-electron chi connectivity index (χ2n) is 6.56. The van der Waals surface area contributed by atoms with Gasteiger partial charge in [-0.3, -0.25) is 4.79 Å². The number of piperidine rings is 1. The van der Waals surface area contributed by atoms with Crippen molar-refractivity contribution in [1.29, 1.82) is 0 Å². The molecule has 0 spiro atoms. The van der Waals surface area contributed by atoms with Gasteiger partial charge in [-0.05, 0) is 30.5 Å². The Labute approximate surface area is 147 Å². The minimum Gasteiger partial charge on any atom is -0.481 e. The molecule has 0 unspecified atom stereocenters. The van der Waals surface area contributed by atoms with Crippen molar-refractivity contribution in [1.82, 2.24) is 4.90 Å². The van der Waals surface area contributed by atoms with E-state index in [0.717, 1.165) is 48.6 Å². The van der Waals surface area contributed by atoms with Gasteiger partial charge < -0.3 is 14.7 Å². The van der Waals surface area contributed by atoms with Gasteiger partial charge in [0.15, 0.2) is 0 Å². The summed E-state index contributed by atoms with van der Waals surface area (Å²) >= 11 is 0. The molecule has 1 saturated heterocycles. The van der Waals surface area contributed by atoms with E-state index in [-0.39, 0.29) is 6.42 Å². The molecule has 25 heavy (non-hydrogen) atoms. The zero-order valence-corrected chi connectivity index (χ0v) is 14.1. The Morgan fingerprint density at radius 1 is 0.960 bits per heavy atom. The van der Waals surface area contributed by atoms with Crippen LogP contribution in [0.1, 0.15) is 30.4 Å². The highest BCUT2D eigenvalue weighted by molar-refractivity contribution is 5.89. The van der Waals surface area contributed by atoms with E-state index in [2.05, 4.69) is 29.2 Å². The van der Waals surface area contributed by atoms with Crippen LogP contribution in [0.3, 0.4) is 0 Å². The van der Waals surface area contributed by atoms with Crippen LogP contribution >= 0.6 is 0 Å². The smallest absolute Gasteiger partial charge is 0.304 e. The van der Waals surface area contributed by atoms with E-state index in [9.17, 15) is 4.79 Å². The number of rotatable bonds is 3. The molecule has 1 N–H and O–H groups in total. The first kappa shape index (κ1) is 15.9. The summed E-state index contributed by atoms with van der Waals surface area (Å²) in [5.74, 6) is 1.10. The summed E-state index contributed by atoms with van der Waals surface area (Å²) in [6, 6.07) is 16.4. The third-order valence-electron chi connectivity index (χ3n) is 4.99. The molecule has 2 aromatic carbocycles. The largest absolute Gasteiger partial charge is 0.481 e. The lowest BCUT2D eigenvalue weighted by Gasteiger charge is -2.31. The molecule has 0 aliphatic carbocycles. The second kappa shape index (κ2) is 6.73. The average Bonchev–Trinajstić information content (AvgIpc) is 2.65. The van der Waals surface area contributed by atoms with E-state index < -0.39 is 5.97 Å². The molecule has 0 radical (unpaired) electrons. The van der Waals surface area contributed by atoms with Crippen molar-refractivity contribution < 1.29 is 14.6 Å². The molecule has 128 valence electrons. The molecule has 0 bridgehead atoms. The number of likely N-dealkylation sites (tertiary alicyclic amines) is 1. The normalized spacial score (nSPS) is 16.8. The SMILES string of the molecule is O=C(O)CCN1CCC(=C2c3ccccc3Oc3ccccc32)CC1. The van der Waals surface area contributed by atoms with Gasteiger partial charge in [0.25, 0.3) is 0 Å². The van der Waals surface area contributed by atoms with Crippen molar-refractivity contribution in [3.63, 3.8) is 0 Å². The van der Waals surface area contributed by atoms with Gasteiger partial charge in [0.1, 0.15) is 11.5 Å². The Kier molecular flexibility index (Phi) is 4.28. The fourth-order valence-electron chi connectivity index (χ4n) is 3.72. The van der Waals surface area contributed by atoms with Crippen molar-refractivity contribution in [3.05, 3.63) is 65.2 Å². The number of hydrogen-bond acceptors (Lipinski definition) is 3. The van der Waals surface area contributed by atoms with Crippen LogP contribution in [0.15, 0.2) is 54.1 Å². The molecule has 0 aromatic heterocycles. The van der Waals surface area contributed by atoms with Gasteiger partial charge in [-0.15, -0.1) is 0 Å². The number of benzene rings is 2. The monoisotopic (exact) mass is 335 g/mol. The van der Waals surface area contributed by atoms with E-state index in [1.165, 1.54) is 11.1 Å². The van der Waals surface area contributed by atoms with Gasteiger partial charge in [0, 0.05) is 30.8 Å². The standard InChI is InChI=1S/C21H21NO3/c23-20(24)11-14-22-12-9-15(10-13-22)21-16-5-1-3-7-18(16)25-19-8-4-2-6-17(19)21/h1-8H,9-14H2,(H,23,24). The average molecular weight is 335 g/mol. The Balaban J connectivity index is 1.66. The van der Waals surface area contributed by atoms with Gasteiger partial charge in [-0.1, -0.05) is 42.0 Å². The zero-order chi connectivity index (χ0) is 17.2. The van der Waals surface area contributed by atoms with Gasteiger partial charge in [0.05, 0.1) is 6.42 Å². The van der Waals surface area contributed by atoms with E-state index in [1.54, 1.807) is 0 Å². The molecular formula is C21H21NO3. The maximum Gasteiger partial charge on any atom is 0.304 e. The lowest BCUT2D eigenvalue weighted by molar-refractivity contribution is -0.137. The Hall–Kier alpha value is -2.59. The van der Waals surface area contributed by atoms with Crippen LogP contribution in [0, 0.1) is 0 Å². The minimum absolute atomic E-state index is 0.214. The van der Waals surface area contributed by atoms with Crippen molar-refractivity contribution in [2.24, 2.45) is 0 Å². The number of ether oxygens (including phenoxy) is 1. The summed E-state index contributed by atoms with van der Waals surface area (Å²) in [5, 5.41) is 8.87. The molecule has 4 rings (SSSR count). The number of fused-ring (bicyclic) bond motifs is 2. The topological polar surface area (TPSA) is 49.8 Å². The fraction of sp³-hybridized carbons (Fsp3) is 0.286. The highest BCUT2D eigenvalue weighted by Gasteiger charge is 2.26. The minimum atomic E-state index is -0.726.